The van der Waals surface area contributed by atoms with Crippen molar-refractivity contribution in [3.8, 4) is 0 Å². The Kier molecular flexibility index (Phi) is 5.42. The van der Waals surface area contributed by atoms with Crippen molar-refractivity contribution in [3.63, 3.8) is 0 Å². The number of nitrogens with zero attached hydrogens (tertiary/aromatic N) is 2. The predicted molar refractivity (Wildman–Crippen MR) is 49.7 cm³/mol. The molecule has 0 radical (unpaired) electrons. The first kappa shape index (κ1) is 11.5. The SMILES string of the molecule is CCN(CCC(N)=NO)C(=O)NC. The summed E-state index contributed by atoms with van der Waals surface area (Å²) in [4.78, 5) is 12.7. The molecule has 0 atom stereocenters. The van der Waals surface area contributed by atoms with Crippen molar-refractivity contribution in [2.75, 3.05) is 20.1 Å². The zero-order chi connectivity index (χ0) is 10.3. The van der Waals surface area contributed by atoms with E-state index in [1.807, 2.05) is 6.92 Å². The summed E-state index contributed by atoms with van der Waals surface area (Å²) in [6, 6.07) is -0.159. The summed E-state index contributed by atoms with van der Waals surface area (Å²) in [5.41, 5.74) is 5.26. The van der Waals surface area contributed by atoms with Crippen LogP contribution in [-0.2, 0) is 0 Å². The first-order valence-corrected chi connectivity index (χ1v) is 4.08. The number of oxime groups is 1. The molecule has 0 saturated heterocycles. The number of carbonyl (C=O) groups is 1. The molecule has 13 heavy (non-hydrogen) atoms. The third-order valence-corrected chi connectivity index (χ3v) is 1.65. The maximum atomic E-state index is 11.1. The Hall–Kier alpha value is -1.46. The number of urea groups is 1. The van der Waals surface area contributed by atoms with Crippen molar-refractivity contribution < 1.29 is 10.0 Å². The monoisotopic (exact) mass is 188 g/mol. The van der Waals surface area contributed by atoms with E-state index in [0.717, 1.165) is 0 Å². The fourth-order valence-corrected chi connectivity index (χ4v) is 0.861. The van der Waals surface area contributed by atoms with Crippen molar-refractivity contribution in [2.45, 2.75) is 13.3 Å². The molecule has 76 valence electrons. The minimum Gasteiger partial charge on any atom is -0.409 e. The second kappa shape index (κ2) is 6.10. The van der Waals surface area contributed by atoms with Gasteiger partial charge < -0.3 is 21.2 Å². The minimum absolute atomic E-state index is 0.127. The molecule has 0 rings (SSSR count). The van der Waals surface area contributed by atoms with Gasteiger partial charge in [0.2, 0.25) is 0 Å². The summed E-state index contributed by atoms with van der Waals surface area (Å²) in [5, 5.41) is 13.6. The number of nitrogens with one attached hydrogen (secondary N) is 1. The standard InChI is InChI=1S/C7H16N4O2/c1-3-11(7(12)9-2)5-4-6(8)10-13/h13H,3-5H2,1-2H3,(H2,8,10)(H,9,12). The molecule has 0 aromatic rings. The highest BCUT2D eigenvalue weighted by atomic mass is 16.4. The molecule has 4 N–H and O–H groups in total. The van der Waals surface area contributed by atoms with Gasteiger partial charge >= 0.3 is 6.03 Å². The van der Waals surface area contributed by atoms with Gasteiger partial charge in [-0.05, 0) is 6.92 Å². The van der Waals surface area contributed by atoms with E-state index < -0.39 is 0 Å². The topological polar surface area (TPSA) is 90.9 Å². The van der Waals surface area contributed by atoms with Crippen LogP contribution in [0.15, 0.2) is 5.16 Å². The fourth-order valence-electron chi connectivity index (χ4n) is 0.861. The van der Waals surface area contributed by atoms with E-state index in [9.17, 15) is 4.79 Å². The highest BCUT2D eigenvalue weighted by molar-refractivity contribution is 5.80. The molecule has 0 spiro atoms. The molecule has 0 bridgehead atoms. The second-order valence-electron chi connectivity index (χ2n) is 2.48. The molecule has 0 aromatic carbocycles. The van der Waals surface area contributed by atoms with Crippen LogP contribution in [0, 0.1) is 0 Å². The van der Waals surface area contributed by atoms with Crippen LogP contribution < -0.4 is 11.1 Å². The van der Waals surface area contributed by atoms with Crippen molar-refractivity contribution in [2.24, 2.45) is 10.9 Å². The Labute approximate surface area is 77.4 Å². The van der Waals surface area contributed by atoms with E-state index >= 15 is 0 Å². The first-order valence-electron chi connectivity index (χ1n) is 4.08. The highest BCUT2D eigenvalue weighted by Crippen LogP contribution is 1.91. The molecule has 0 unspecified atom stereocenters. The summed E-state index contributed by atoms with van der Waals surface area (Å²) in [6.45, 7) is 2.91. The quantitative estimate of drug-likeness (QED) is 0.246. The predicted octanol–water partition coefficient (Wildman–Crippen LogP) is -0.216. The van der Waals surface area contributed by atoms with Crippen LogP contribution in [-0.4, -0.2) is 42.1 Å². The molecule has 0 fully saturated rings. The molecular weight excluding hydrogens is 172 g/mol. The summed E-state index contributed by atoms with van der Waals surface area (Å²) < 4.78 is 0. The van der Waals surface area contributed by atoms with Crippen LogP contribution in [0.25, 0.3) is 0 Å². The Morgan fingerprint density at radius 1 is 1.69 bits per heavy atom. The molecule has 2 amide bonds. The smallest absolute Gasteiger partial charge is 0.317 e. The van der Waals surface area contributed by atoms with Gasteiger partial charge in [0.25, 0.3) is 0 Å². The summed E-state index contributed by atoms with van der Waals surface area (Å²) >= 11 is 0. The highest BCUT2D eigenvalue weighted by Gasteiger charge is 2.08. The fraction of sp³-hybridized carbons (Fsp3) is 0.714. The van der Waals surface area contributed by atoms with Crippen LogP contribution in [0.3, 0.4) is 0 Å². The van der Waals surface area contributed by atoms with Crippen LogP contribution in [0.2, 0.25) is 0 Å². The molecule has 6 nitrogen and oxygen atoms in total. The second-order valence-corrected chi connectivity index (χ2v) is 2.48. The molecule has 0 heterocycles. The lowest BCUT2D eigenvalue weighted by atomic mass is 10.3. The van der Waals surface area contributed by atoms with Gasteiger partial charge in [0, 0.05) is 26.6 Å². The van der Waals surface area contributed by atoms with E-state index in [4.69, 9.17) is 10.9 Å². The molecular formula is C7H16N4O2. The Bertz CT molecular complexity index is 193. The van der Waals surface area contributed by atoms with E-state index in [2.05, 4.69) is 10.5 Å². The van der Waals surface area contributed by atoms with Gasteiger partial charge in [0.15, 0.2) is 0 Å². The van der Waals surface area contributed by atoms with E-state index in [-0.39, 0.29) is 11.9 Å². The number of rotatable bonds is 4. The summed E-state index contributed by atoms with van der Waals surface area (Å²) in [7, 11) is 1.56. The van der Waals surface area contributed by atoms with Crippen LogP contribution >= 0.6 is 0 Å². The zero-order valence-electron chi connectivity index (χ0n) is 7.95. The summed E-state index contributed by atoms with van der Waals surface area (Å²) in [6.07, 6.45) is 0.373. The lowest BCUT2D eigenvalue weighted by Crippen LogP contribution is -2.39. The maximum Gasteiger partial charge on any atom is 0.317 e. The van der Waals surface area contributed by atoms with Crippen LogP contribution in [0.4, 0.5) is 4.79 Å². The van der Waals surface area contributed by atoms with E-state index in [1.165, 1.54) is 0 Å². The van der Waals surface area contributed by atoms with E-state index in [0.29, 0.717) is 19.5 Å². The molecule has 6 heteroatoms. The third kappa shape index (κ3) is 4.19. The van der Waals surface area contributed by atoms with Crippen LogP contribution in [0.5, 0.6) is 0 Å². The van der Waals surface area contributed by atoms with Gasteiger partial charge in [-0.1, -0.05) is 5.16 Å². The molecule has 0 aliphatic rings. The third-order valence-electron chi connectivity index (χ3n) is 1.65. The van der Waals surface area contributed by atoms with Gasteiger partial charge in [-0.25, -0.2) is 4.79 Å². The van der Waals surface area contributed by atoms with Gasteiger partial charge in [0.1, 0.15) is 5.84 Å². The van der Waals surface area contributed by atoms with Gasteiger partial charge in [-0.3, -0.25) is 0 Å². The average molecular weight is 188 g/mol. The van der Waals surface area contributed by atoms with Gasteiger partial charge in [0.05, 0.1) is 0 Å². The lowest BCUT2D eigenvalue weighted by molar-refractivity contribution is 0.204. The lowest BCUT2D eigenvalue weighted by Gasteiger charge is -2.19. The average Bonchev–Trinajstić information content (AvgIpc) is 2.17. The maximum absolute atomic E-state index is 11.1. The van der Waals surface area contributed by atoms with Crippen molar-refractivity contribution in [1.82, 2.24) is 10.2 Å². The Balaban J connectivity index is 3.92. The molecule has 0 aromatic heterocycles. The van der Waals surface area contributed by atoms with Crippen LogP contribution in [0.1, 0.15) is 13.3 Å². The Morgan fingerprint density at radius 3 is 2.69 bits per heavy atom. The first-order chi connectivity index (χ1) is 6.15. The Morgan fingerprint density at radius 2 is 2.31 bits per heavy atom. The minimum atomic E-state index is -0.159. The summed E-state index contributed by atoms with van der Waals surface area (Å²) in [5.74, 6) is 0.127. The number of amides is 2. The van der Waals surface area contributed by atoms with Gasteiger partial charge in [-0.2, -0.15) is 0 Å². The number of hydrogen-bond donors (Lipinski definition) is 3. The molecule has 0 aliphatic carbocycles. The number of hydrogen-bond acceptors (Lipinski definition) is 3. The van der Waals surface area contributed by atoms with Gasteiger partial charge in [-0.15, -0.1) is 0 Å². The number of carbonyl (C=O) groups excluding carboxylic acids is 1. The number of nitrogens with two attached hydrogens (primary N) is 1. The molecule has 0 aliphatic heterocycles. The van der Waals surface area contributed by atoms with E-state index in [1.54, 1.807) is 11.9 Å². The van der Waals surface area contributed by atoms with Crippen molar-refractivity contribution in [1.29, 1.82) is 0 Å². The van der Waals surface area contributed by atoms with Crippen molar-refractivity contribution >= 4 is 11.9 Å². The number of amidine groups is 1. The van der Waals surface area contributed by atoms with Crippen molar-refractivity contribution in [3.05, 3.63) is 0 Å². The molecule has 0 saturated carbocycles. The zero-order valence-corrected chi connectivity index (χ0v) is 7.95. The largest absolute Gasteiger partial charge is 0.409 e. The normalized spacial score (nSPS) is 11.1.